The van der Waals surface area contributed by atoms with Crippen molar-refractivity contribution in [2.24, 2.45) is 0 Å². The molecule has 0 radical (unpaired) electrons. The number of hydrogen-bond donors (Lipinski definition) is 1. The molecule has 2 aromatic rings. The molecule has 2 heterocycles. The molecule has 1 aromatic heterocycles. The second-order valence-electron chi connectivity index (χ2n) is 5.77. The molecule has 1 fully saturated rings. The maximum Gasteiger partial charge on any atom is 0.0346 e. The number of aromatic nitrogens is 1. The average molecular weight is 285 g/mol. The van der Waals surface area contributed by atoms with E-state index in [2.05, 4.69) is 46.4 Å². The third kappa shape index (κ3) is 4.02. The molecule has 3 nitrogen and oxygen atoms in total. The van der Waals surface area contributed by atoms with Gasteiger partial charge < -0.3 is 5.32 Å². The molecule has 1 saturated heterocycles. The van der Waals surface area contributed by atoms with Gasteiger partial charge >= 0.3 is 0 Å². The van der Waals surface area contributed by atoms with E-state index in [0.717, 1.165) is 19.6 Å². The first-order chi connectivity index (χ1) is 9.83. The van der Waals surface area contributed by atoms with E-state index in [1.165, 1.54) is 35.7 Å². The highest BCUT2D eigenvalue weighted by atomic mass is 15.2. The van der Waals surface area contributed by atoms with E-state index in [0.29, 0.717) is 6.04 Å². The lowest BCUT2D eigenvalue weighted by molar-refractivity contribution is 0.177. The van der Waals surface area contributed by atoms with Crippen molar-refractivity contribution < 1.29 is 0 Å². The molecule has 1 aliphatic rings. The van der Waals surface area contributed by atoms with Crippen molar-refractivity contribution in [3.8, 4) is 0 Å². The van der Waals surface area contributed by atoms with Gasteiger partial charge in [-0.2, -0.15) is 0 Å². The third-order valence-electron chi connectivity index (χ3n) is 4.25. The van der Waals surface area contributed by atoms with Crippen molar-refractivity contribution in [1.82, 2.24) is 15.2 Å². The Labute approximate surface area is 128 Å². The highest BCUT2D eigenvalue weighted by molar-refractivity contribution is 5.81. The molecule has 0 bridgehead atoms. The van der Waals surface area contributed by atoms with E-state index >= 15 is 0 Å². The van der Waals surface area contributed by atoms with Gasteiger partial charge in [-0.25, -0.2) is 0 Å². The molecule has 0 amide bonds. The van der Waals surface area contributed by atoms with Gasteiger partial charge in [-0.1, -0.05) is 19.6 Å². The second kappa shape index (κ2) is 7.53. The van der Waals surface area contributed by atoms with Gasteiger partial charge in [-0.3, -0.25) is 9.88 Å². The summed E-state index contributed by atoms with van der Waals surface area (Å²) in [6, 6.07) is 9.48. The van der Waals surface area contributed by atoms with Gasteiger partial charge in [0.15, 0.2) is 0 Å². The molecule has 0 spiro atoms. The summed E-state index contributed by atoms with van der Waals surface area (Å²) in [6.07, 6.45) is 6.28. The van der Waals surface area contributed by atoms with Crippen LogP contribution in [0.2, 0.25) is 0 Å². The maximum atomic E-state index is 4.18. The first-order valence-corrected chi connectivity index (χ1v) is 7.60. The van der Waals surface area contributed by atoms with Crippen LogP contribution in [0.3, 0.4) is 0 Å². The lowest BCUT2D eigenvalue weighted by Crippen LogP contribution is -2.39. The van der Waals surface area contributed by atoms with Gasteiger partial charge in [-0.05, 0) is 62.5 Å². The van der Waals surface area contributed by atoms with Crippen molar-refractivity contribution in [3.05, 3.63) is 42.2 Å². The van der Waals surface area contributed by atoms with Crippen molar-refractivity contribution in [1.29, 1.82) is 0 Å². The zero-order valence-corrected chi connectivity index (χ0v) is 12.2. The molecule has 1 N–H and O–H groups in total. The maximum absolute atomic E-state index is 4.18. The average Bonchev–Trinajstić information content (AvgIpc) is 2.47. The Morgan fingerprint density at radius 1 is 1.24 bits per heavy atom. The molecule has 0 aliphatic carbocycles. The fourth-order valence-electron chi connectivity index (χ4n) is 2.95. The molecule has 1 aromatic carbocycles. The summed E-state index contributed by atoms with van der Waals surface area (Å²) in [7, 11) is 0. The van der Waals surface area contributed by atoms with Crippen molar-refractivity contribution in [2.45, 2.75) is 39.8 Å². The number of pyridine rings is 1. The highest BCUT2D eigenvalue weighted by Gasteiger charge is 2.15. The number of rotatable bonds is 2. The summed E-state index contributed by atoms with van der Waals surface area (Å²) in [5.74, 6) is 0. The number of nitrogens with one attached hydrogen (secondary N) is 1. The van der Waals surface area contributed by atoms with Crippen LogP contribution in [0.5, 0.6) is 0 Å². The van der Waals surface area contributed by atoms with Crippen LogP contribution in [0.1, 0.15) is 32.8 Å². The van der Waals surface area contributed by atoms with Gasteiger partial charge in [0.1, 0.15) is 0 Å². The molecule has 3 heteroatoms. The largest absolute Gasteiger partial charge is 0.317 e. The van der Waals surface area contributed by atoms with E-state index in [-0.39, 0.29) is 7.43 Å². The molecule has 3 rings (SSSR count). The SMILES string of the molecule is C.C[C@@H]1CCNCCCN1Cc1ccc2cnccc2c1. The van der Waals surface area contributed by atoms with Gasteiger partial charge in [0.25, 0.3) is 0 Å². The number of nitrogens with zero attached hydrogens (tertiary/aromatic N) is 2. The second-order valence-corrected chi connectivity index (χ2v) is 5.77. The molecule has 1 atom stereocenters. The molecule has 0 unspecified atom stereocenters. The smallest absolute Gasteiger partial charge is 0.0346 e. The van der Waals surface area contributed by atoms with E-state index in [4.69, 9.17) is 0 Å². The number of benzene rings is 1. The fraction of sp³-hybridized carbons (Fsp3) is 0.500. The minimum absolute atomic E-state index is 0. The van der Waals surface area contributed by atoms with Gasteiger partial charge in [-0.15, -0.1) is 0 Å². The van der Waals surface area contributed by atoms with Gasteiger partial charge in [0.05, 0.1) is 0 Å². The Bertz CT molecular complexity index is 567. The fourth-order valence-corrected chi connectivity index (χ4v) is 2.95. The van der Waals surface area contributed by atoms with Crippen LogP contribution in [0.15, 0.2) is 36.7 Å². The van der Waals surface area contributed by atoms with Crippen LogP contribution in [0.25, 0.3) is 10.8 Å². The molecule has 21 heavy (non-hydrogen) atoms. The van der Waals surface area contributed by atoms with E-state index < -0.39 is 0 Å². The molecule has 1 aliphatic heterocycles. The topological polar surface area (TPSA) is 28.2 Å². The molecular weight excluding hydrogens is 258 g/mol. The molecule has 0 saturated carbocycles. The molecule has 114 valence electrons. The molecular formula is C18H27N3. The summed E-state index contributed by atoms with van der Waals surface area (Å²) >= 11 is 0. The normalized spacial score (nSPS) is 20.5. The quantitative estimate of drug-likeness (QED) is 0.916. The number of hydrogen-bond acceptors (Lipinski definition) is 3. The highest BCUT2D eigenvalue weighted by Crippen LogP contribution is 2.18. The Kier molecular flexibility index (Phi) is 5.71. The van der Waals surface area contributed by atoms with Crippen LogP contribution in [-0.4, -0.2) is 35.6 Å². The van der Waals surface area contributed by atoms with Crippen molar-refractivity contribution in [3.63, 3.8) is 0 Å². The first kappa shape index (κ1) is 15.9. The summed E-state index contributed by atoms with van der Waals surface area (Å²) in [5.41, 5.74) is 1.41. The Morgan fingerprint density at radius 2 is 2.14 bits per heavy atom. The standard InChI is InChI=1S/C17H23N3.CH4/c1-14-5-8-18-7-2-10-20(14)13-15-3-4-17-12-19-9-6-16(17)11-15;/h3-4,6,9,11-12,14,18H,2,5,7-8,10,13H2,1H3;1H4/t14-;/m1./s1. The lowest BCUT2D eigenvalue weighted by Gasteiger charge is -2.31. The lowest BCUT2D eigenvalue weighted by atomic mass is 10.1. The van der Waals surface area contributed by atoms with E-state index in [1.54, 1.807) is 0 Å². The third-order valence-corrected chi connectivity index (χ3v) is 4.25. The summed E-state index contributed by atoms with van der Waals surface area (Å²) in [4.78, 5) is 6.79. The Hall–Kier alpha value is -1.45. The zero-order valence-electron chi connectivity index (χ0n) is 12.2. The number of fused-ring (bicyclic) bond motifs is 1. The van der Waals surface area contributed by atoms with Crippen LogP contribution in [0, 0.1) is 0 Å². The Balaban J connectivity index is 0.00000161. The first-order valence-electron chi connectivity index (χ1n) is 7.60. The van der Waals surface area contributed by atoms with E-state index in [9.17, 15) is 0 Å². The zero-order chi connectivity index (χ0) is 13.8. The van der Waals surface area contributed by atoms with Crippen LogP contribution < -0.4 is 5.32 Å². The minimum Gasteiger partial charge on any atom is -0.317 e. The van der Waals surface area contributed by atoms with E-state index in [1.807, 2.05) is 12.4 Å². The van der Waals surface area contributed by atoms with Crippen LogP contribution >= 0.6 is 0 Å². The van der Waals surface area contributed by atoms with Crippen molar-refractivity contribution >= 4 is 10.8 Å². The predicted octanol–water partition coefficient (Wildman–Crippen LogP) is 3.44. The van der Waals surface area contributed by atoms with Crippen LogP contribution in [0.4, 0.5) is 0 Å². The summed E-state index contributed by atoms with van der Waals surface area (Å²) < 4.78 is 0. The minimum atomic E-state index is 0. The monoisotopic (exact) mass is 285 g/mol. The summed E-state index contributed by atoms with van der Waals surface area (Å²) in [6.45, 7) is 6.87. The van der Waals surface area contributed by atoms with Gasteiger partial charge in [0.2, 0.25) is 0 Å². The Morgan fingerprint density at radius 3 is 3.05 bits per heavy atom. The van der Waals surface area contributed by atoms with Crippen LogP contribution in [-0.2, 0) is 6.54 Å². The predicted molar refractivity (Wildman–Crippen MR) is 90.4 cm³/mol. The van der Waals surface area contributed by atoms with Gasteiger partial charge in [0, 0.05) is 30.4 Å². The van der Waals surface area contributed by atoms with Crippen molar-refractivity contribution in [2.75, 3.05) is 19.6 Å². The summed E-state index contributed by atoms with van der Waals surface area (Å²) in [5, 5.41) is 6.01.